The highest BCUT2D eigenvalue weighted by molar-refractivity contribution is 5.38. The first-order valence-corrected chi connectivity index (χ1v) is 6.83. The van der Waals surface area contributed by atoms with Gasteiger partial charge in [0.1, 0.15) is 11.9 Å². The Kier molecular flexibility index (Phi) is 3.25. The number of benzene rings is 1. The predicted octanol–water partition coefficient (Wildman–Crippen LogP) is 2.72. The zero-order valence-corrected chi connectivity index (χ0v) is 10.6. The molecule has 2 atom stereocenters. The molecule has 0 aliphatic carbocycles. The van der Waals surface area contributed by atoms with Crippen LogP contribution in [0.5, 0.6) is 5.75 Å². The minimum absolute atomic E-state index is 0.342. The molecule has 3 rings (SSSR count). The highest BCUT2D eigenvalue weighted by atomic mass is 16.5. The molecule has 2 saturated heterocycles. The van der Waals surface area contributed by atoms with Gasteiger partial charge in [-0.25, -0.2) is 0 Å². The molecule has 2 bridgehead atoms. The van der Waals surface area contributed by atoms with Crippen molar-refractivity contribution in [3.8, 4) is 18.1 Å². The molecule has 2 aliphatic rings. The normalized spacial score (nSPS) is 30.5. The van der Waals surface area contributed by atoms with Gasteiger partial charge in [-0.1, -0.05) is 18.4 Å². The second-order valence-corrected chi connectivity index (χ2v) is 5.37. The van der Waals surface area contributed by atoms with Gasteiger partial charge < -0.3 is 10.1 Å². The lowest BCUT2D eigenvalue weighted by Gasteiger charge is -2.40. The minimum atomic E-state index is 0.342. The van der Waals surface area contributed by atoms with Crippen LogP contribution in [0.3, 0.4) is 0 Å². The summed E-state index contributed by atoms with van der Waals surface area (Å²) in [6, 6.07) is 9.16. The number of terminal acetylenes is 1. The van der Waals surface area contributed by atoms with E-state index in [1.807, 2.05) is 24.3 Å². The smallest absolute Gasteiger partial charge is 0.120 e. The first-order chi connectivity index (χ1) is 8.83. The molecule has 2 unspecified atom stereocenters. The summed E-state index contributed by atoms with van der Waals surface area (Å²) in [7, 11) is 0. The Labute approximate surface area is 109 Å². The Bertz CT molecular complexity index is 450. The second kappa shape index (κ2) is 5.04. The van der Waals surface area contributed by atoms with Crippen molar-refractivity contribution in [2.75, 3.05) is 0 Å². The highest BCUT2D eigenvalue weighted by Crippen LogP contribution is 2.28. The third-order valence-corrected chi connectivity index (χ3v) is 3.97. The van der Waals surface area contributed by atoms with Gasteiger partial charge in [0.05, 0.1) is 0 Å². The summed E-state index contributed by atoms with van der Waals surface area (Å²) in [6.07, 6.45) is 11.9. The number of piperidine rings is 2. The first kappa shape index (κ1) is 11.6. The van der Waals surface area contributed by atoms with Crippen molar-refractivity contribution in [2.24, 2.45) is 0 Å². The van der Waals surface area contributed by atoms with Gasteiger partial charge in [0.2, 0.25) is 0 Å². The van der Waals surface area contributed by atoms with Crippen LogP contribution in [0.1, 0.15) is 37.7 Å². The summed E-state index contributed by atoms with van der Waals surface area (Å²) < 4.78 is 6.10. The largest absolute Gasteiger partial charge is 0.490 e. The standard InChI is InChI=1S/C16H19NO/c1-2-12-5-3-8-15(9-12)18-16-10-13-6-4-7-14(11-16)17-13/h1,3,5,8-9,13-14,16-17H,4,6-7,10-11H2. The summed E-state index contributed by atoms with van der Waals surface area (Å²) >= 11 is 0. The maximum Gasteiger partial charge on any atom is 0.120 e. The number of hydrogen-bond acceptors (Lipinski definition) is 2. The molecule has 2 fully saturated rings. The third-order valence-electron chi connectivity index (χ3n) is 3.97. The number of hydrogen-bond donors (Lipinski definition) is 1. The van der Waals surface area contributed by atoms with Crippen LogP contribution in [0.15, 0.2) is 24.3 Å². The number of rotatable bonds is 2. The van der Waals surface area contributed by atoms with Crippen molar-refractivity contribution < 1.29 is 4.74 Å². The third kappa shape index (κ3) is 2.52. The lowest BCUT2D eigenvalue weighted by Crippen LogP contribution is -2.51. The van der Waals surface area contributed by atoms with Crippen molar-refractivity contribution in [3.05, 3.63) is 29.8 Å². The Balaban J connectivity index is 1.67. The lowest BCUT2D eigenvalue weighted by atomic mass is 9.85. The van der Waals surface area contributed by atoms with E-state index in [-0.39, 0.29) is 0 Å². The van der Waals surface area contributed by atoms with Crippen LogP contribution in [-0.4, -0.2) is 18.2 Å². The van der Waals surface area contributed by atoms with Crippen molar-refractivity contribution in [2.45, 2.75) is 50.3 Å². The average molecular weight is 241 g/mol. The molecule has 1 aromatic carbocycles. The van der Waals surface area contributed by atoms with Crippen molar-refractivity contribution >= 4 is 0 Å². The van der Waals surface area contributed by atoms with Gasteiger partial charge in [-0.3, -0.25) is 0 Å². The van der Waals surface area contributed by atoms with E-state index in [2.05, 4.69) is 11.2 Å². The summed E-state index contributed by atoms with van der Waals surface area (Å²) in [5.41, 5.74) is 0.890. The summed E-state index contributed by atoms with van der Waals surface area (Å²) in [6.45, 7) is 0. The maximum absolute atomic E-state index is 6.10. The minimum Gasteiger partial charge on any atom is -0.490 e. The van der Waals surface area contributed by atoms with Crippen LogP contribution >= 0.6 is 0 Å². The first-order valence-electron chi connectivity index (χ1n) is 6.83. The number of ether oxygens (including phenoxy) is 1. The summed E-state index contributed by atoms with van der Waals surface area (Å²) in [5, 5.41) is 3.68. The molecular formula is C16H19NO. The highest BCUT2D eigenvalue weighted by Gasteiger charge is 2.32. The van der Waals surface area contributed by atoms with E-state index >= 15 is 0 Å². The molecule has 2 nitrogen and oxygen atoms in total. The molecule has 0 saturated carbocycles. The van der Waals surface area contributed by atoms with Crippen molar-refractivity contribution in [3.63, 3.8) is 0 Å². The molecule has 1 N–H and O–H groups in total. The molecule has 0 radical (unpaired) electrons. The molecule has 1 aromatic rings. The molecule has 0 aromatic heterocycles. The van der Waals surface area contributed by atoms with Crippen LogP contribution in [-0.2, 0) is 0 Å². The fourth-order valence-corrected chi connectivity index (χ4v) is 3.16. The van der Waals surface area contributed by atoms with E-state index in [9.17, 15) is 0 Å². The van der Waals surface area contributed by atoms with Crippen molar-refractivity contribution in [1.29, 1.82) is 0 Å². The summed E-state index contributed by atoms with van der Waals surface area (Å²) in [5.74, 6) is 3.56. The molecule has 2 heterocycles. The SMILES string of the molecule is C#Cc1cccc(OC2CC3CCCC(C2)N3)c1. The van der Waals surface area contributed by atoms with E-state index < -0.39 is 0 Å². The predicted molar refractivity (Wildman–Crippen MR) is 72.6 cm³/mol. The maximum atomic E-state index is 6.10. The van der Waals surface area contributed by atoms with Crippen LogP contribution in [0.2, 0.25) is 0 Å². The van der Waals surface area contributed by atoms with E-state index in [4.69, 9.17) is 11.2 Å². The second-order valence-electron chi connectivity index (χ2n) is 5.37. The Morgan fingerprint density at radius 3 is 2.72 bits per heavy atom. The van der Waals surface area contributed by atoms with E-state index in [1.54, 1.807) is 0 Å². The quantitative estimate of drug-likeness (QED) is 0.804. The van der Waals surface area contributed by atoms with Crippen molar-refractivity contribution in [1.82, 2.24) is 5.32 Å². The average Bonchev–Trinajstić information content (AvgIpc) is 2.38. The molecular weight excluding hydrogens is 222 g/mol. The Hall–Kier alpha value is -1.46. The zero-order valence-electron chi connectivity index (χ0n) is 10.6. The number of fused-ring (bicyclic) bond motifs is 2. The van der Waals surface area contributed by atoms with Gasteiger partial charge in [-0.15, -0.1) is 6.42 Å². The lowest BCUT2D eigenvalue weighted by molar-refractivity contribution is 0.0927. The molecule has 2 heteroatoms. The van der Waals surface area contributed by atoms with Gasteiger partial charge in [0.25, 0.3) is 0 Å². The van der Waals surface area contributed by atoms with Gasteiger partial charge >= 0.3 is 0 Å². The molecule has 18 heavy (non-hydrogen) atoms. The van der Waals surface area contributed by atoms with E-state index in [0.717, 1.165) is 24.2 Å². The van der Waals surface area contributed by atoms with Gasteiger partial charge in [0, 0.05) is 17.6 Å². The van der Waals surface area contributed by atoms with E-state index in [0.29, 0.717) is 18.2 Å². The fourth-order valence-electron chi connectivity index (χ4n) is 3.16. The van der Waals surface area contributed by atoms with Gasteiger partial charge in [0.15, 0.2) is 0 Å². The van der Waals surface area contributed by atoms with Crippen LogP contribution in [0, 0.1) is 12.3 Å². The summed E-state index contributed by atoms with van der Waals surface area (Å²) in [4.78, 5) is 0. The molecule has 94 valence electrons. The molecule has 0 spiro atoms. The van der Waals surface area contributed by atoms with Crippen LogP contribution < -0.4 is 10.1 Å². The zero-order chi connectivity index (χ0) is 12.4. The Morgan fingerprint density at radius 1 is 1.22 bits per heavy atom. The monoisotopic (exact) mass is 241 g/mol. The van der Waals surface area contributed by atoms with E-state index in [1.165, 1.54) is 19.3 Å². The Morgan fingerprint density at radius 2 is 2.00 bits per heavy atom. The van der Waals surface area contributed by atoms with Gasteiger partial charge in [-0.2, -0.15) is 0 Å². The van der Waals surface area contributed by atoms with Crippen LogP contribution in [0.4, 0.5) is 0 Å². The fraction of sp³-hybridized carbons (Fsp3) is 0.500. The van der Waals surface area contributed by atoms with Gasteiger partial charge in [-0.05, 0) is 43.9 Å². The molecule has 0 amide bonds. The molecule has 2 aliphatic heterocycles. The number of nitrogens with one attached hydrogen (secondary N) is 1. The van der Waals surface area contributed by atoms with Crippen LogP contribution in [0.25, 0.3) is 0 Å². The topological polar surface area (TPSA) is 21.3 Å².